The topological polar surface area (TPSA) is 51.8 Å². The molecule has 0 fully saturated rings. The molecule has 0 saturated carbocycles. The van der Waals surface area contributed by atoms with Crippen molar-refractivity contribution in [3.05, 3.63) is 27.5 Å². The highest BCUT2D eigenvalue weighted by molar-refractivity contribution is 9.10. The minimum atomic E-state index is 0.469. The van der Waals surface area contributed by atoms with Crippen LogP contribution in [0.5, 0.6) is 0 Å². The first-order valence-electron chi connectivity index (χ1n) is 3.58. The largest absolute Gasteiger partial charge is 0.383 e. The fourth-order valence-corrected chi connectivity index (χ4v) is 1.74. The summed E-state index contributed by atoms with van der Waals surface area (Å²) < 4.78 is 0.728. The van der Waals surface area contributed by atoms with Gasteiger partial charge in [-0.25, -0.2) is 9.97 Å². The molecule has 0 spiro atoms. The lowest BCUT2D eigenvalue weighted by molar-refractivity contribution is 1.17. The number of anilines is 1. The lowest BCUT2D eigenvalue weighted by Gasteiger charge is -1.99. The van der Waals surface area contributed by atoms with Crippen LogP contribution in [0.4, 0.5) is 5.82 Å². The van der Waals surface area contributed by atoms with E-state index in [1.54, 1.807) is 17.5 Å². The number of halogens is 1. The summed E-state index contributed by atoms with van der Waals surface area (Å²) in [6, 6.07) is 1.97. The molecule has 0 aromatic carbocycles. The lowest BCUT2D eigenvalue weighted by Crippen LogP contribution is -1.95. The maximum atomic E-state index is 5.63. The SMILES string of the molecule is Nc1nc(-c2ccsc2)ncc1Br. The molecule has 0 aliphatic rings. The molecule has 0 radical (unpaired) electrons. The van der Waals surface area contributed by atoms with Crippen LogP contribution in [-0.4, -0.2) is 9.97 Å². The summed E-state index contributed by atoms with van der Waals surface area (Å²) in [7, 11) is 0. The van der Waals surface area contributed by atoms with Crippen LogP contribution < -0.4 is 5.73 Å². The van der Waals surface area contributed by atoms with Crippen LogP contribution in [-0.2, 0) is 0 Å². The second kappa shape index (κ2) is 3.43. The Labute approximate surface area is 87.8 Å². The van der Waals surface area contributed by atoms with Crippen molar-refractivity contribution in [1.29, 1.82) is 0 Å². The summed E-state index contributed by atoms with van der Waals surface area (Å²) in [5.41, 5.74) is 6.64. The molecule has 5 heteroatoms. The average molecular weight is 256 g/mol. The van der Waals surface area contributed by atoms with Gasteiger partial charge >= 0.3 is 0 Å². The minimum Gasteiger partial charge on any atom is -0.383 e. The normalized spacial score (nSPS) is 10.2. The quantitative estimate of drug-likeness (QED) is 0.853. The molecule has 2 aromatic rings. The van der Waals surface area contributed by atoms with Gasteiger partial charge in [-0.3, -0.25) is 0 Å². The van der Waals surface area contributed by atoms with Crippen LogP contribution >= 0.6 is 27.3 Å². The predicted molar refractivity (Wildman–Crippen MR) is 57.5 cm³/mol. The zero-order chi connectivity index (χ0) is 9.26. The van der Waals surface area contributed by atoms with Gasteiger partial charge in [0.1, 0.15) is 5.82 Å². The second-order valence-corrected chi connectivity index (χ2v) is 4.07. The predicted octanol–water partition coefficient (Wildman–Crippen LogP) is 2.55. The number of nitrogens with two attached hydrogens (primary N) is 1. The van der Waals surface area contributed by atoms with Crippen LogP contribution in [0.1, 0.15) is 0 Å². The third-order valence-corrected chi connectivity index (χ3v) is 2.84. The highest BCUT2D eigenvalue weighted by Crippen LogP contribution is 2.22. The first-order valence-corrected chi connectivity index (χ1v) is 5.31. The molecule has 13 heavy (non-hydrogen) atoms. The third-order valence-electron chi connectivity index (χ3n) is 1.55. The Hall–Kier alpha value is -0.940. The minimum absolute atomic E-state index is 0.469. The van der Waals surface area contributed by atoms with Gasteiger partial charge in [0.05, 0.1) is 4.47 Å². The summed E-state index contributed by atoms with van der Waals surface area (Å²) in [4.78, 5) is 8.29. The van der Waals surface area contributed by atoms with Gasteiger partial charge in [-0.05, 0) is 27.4 Å². The molecule has 2 heterocycles. The molecular weight excluding hydrogens is 250 g/mol. The fraction of sp³-hybridized carbons (Fsp3) is 0. The Morgan fingerprint density at radius 2 is 2.31 bits per heavy atom. The first-order chi connectivity index (χ1) is 6.27. The van der Waals surface area contributed by atoms with Gasteiger partial charge in [0.2, 0.25) is 0 Å². The van der Waals surface area contributed by atoms with E-state index in [2.05, 4.69) is 25.9 Å². The molecule has 3 nitrogen and oxygen atoms in total. The van der Waals surface area contributed by atoms with Crippen molar-refractivity contribution in [3.8, 4) is 11.4 Å². The van der Waals surface area contributed by atoms with Crippen LogP contribution in [0, 0.1) is 0 Å². The van der Waals surface area contributed by atoms with Crippen LogP contribution in [0.15, 0.2) is 27.5 Å². The zero-order valence-electron chi connectivity index (χ0n) is 6.57. The van der Waals surface area contributed by atoms with Gasteiger partial charge in [-0.2, -0.15) is 11.3 Å². The number of hydrogen-bond acceptors (Lipinski definition) is 4. The summed E-state index contributed by atoms with van der Waals surface area (Å²) in [6.07, 6.45) is 1.66. The molecular formula is C8H6BrN3S. The number of nitrogen functional groups attached to an aromatic ring is 1. The standard InChI is InChI=1S/C8H6BrN3S/c9-6-3-11-8(12-7(6)10)5-1-2-13-4-5/h1-4H,(H2,10,11,12). The van der Waals surface area contributed by atoms with Crippen molar-refractivity contribution < 1.29 is 0 Å². The molecule has 0 aliphatic heterocycles. The van der Waals surface area contributed by atoms with Gasteiger partial charge in [0, 0.05) is 17.1 Å². The maximum absolute atomic E-state index is 5.63. The van der Waals surface area contributed by atoms with Gasteiger partial charge < -0.3 is 5.73 Å². The molecule has 0 atom stereocenters. The van der Waals surface area contributed by atoms with E-state index in [0.717, 1.165) is 10.0 Å². The first kappa shape index (κ1) is 8.65. The van der Waals surface area contributed by atoms with Crippen molar-refractivity contribution in [3.63, 3.8) is 0 Å². The maximum Gasteiger partial charge on any atom is 0.162 e. The van der Waals surface area contributed by atoms with E-state index < -0.39 is 0 Å². The molecule has 2 aromatic heterocycles. The zero-order valence-corrected chi connectivity index (χ0v) is 8.97. The van der Waals surface area contributed by atoms with E-state index in [4.69, 9.17) is 5.73 Å². The van der Waals surface area contributed by atoms with Crippen molar-refractivity contribution in [2.75, 3.05) is 5.73 Å². The van der Waals surface area contributed by atoms with Gasteiger partial charge in [-0.1, -0.05) is 0 Å². The van der Waals surface area contributed by atoms with Gasteiger partial charge in [0.25, 0.3) is 0 Å². The lowest BCUT2D eigenvalue weighted by atomic mass is 10.3. The van der Waals surface area contributed by atoms with E-state index >= 15 is 0 Å². The van der Waals surface area contributed by atoms with Crippen molar-refractivity contribution >= 4 is 33.1 Å². The fourth-order valence-electron chi connectivity index (χ4n) is 0.911. The Morgan fingerprint density at radius 1 is 1.46 bits per heavy atom. The van der Waals surface area contributed by atoms with E-state index in [1.165, 1.54) is 0 Å². The van der Waals surface area contributed by atoms with E-state index in [-0.39, 0.29) is 0 Å². The number of aromatic nitrogens is 2. The molecule has 0 aliphatic carbocycles. The number of hydrogen-bond donors (Lipinski definition) is 1. The molecule has 66 valence electrons. The van der Waals surface area contributed by atoms with Crippen molar-refractivity contribution in [2.45, 2.75) is 0 Å². The highest BCUT2D eigenvalue weighted by atomic mass is 79.9. The van der Waals surface area contributed by atoms with Crippen LogP contribution in [0.2, 0.25) is 0 Å². The Kier molecular flexibility index (Phi) is 2.28. The van der Waals surface area contributed by atoms with Gasteiger partial charge in [0.15, 0.2) is 5.82 Å². The molecule has 0 saturated heterocycles. The Bertz CT molecular complexity index is 413. The van der Waals surface area contributed by atoms with Crippen LogP contribution in [0.3, 0.4) is 0 Å². The molecule has 2 rings (SSSR count). The van der Waals surface area contributed by atoms with E-state index in [1.807, 2.05) is 16.8 Å². The summed E-state index contributed by atoms with van der Waals surface area (Å²) in [5, 5.41) is 3.97. The highest BCUT2D eigenvalue weighted by Gasteiger charge is 2.03. The van der Waals surface area contributed by atoms with E-state index in [0.29, 0.717) is 11.6 Å². The van der Waals surface area contributed by atoms with E-state index in [9.17, 15) is 0 Å². The van der Waals surface area contributed by atoms with Crippen molar-refractivity contribution in [1.82, 2.24) is 9.97 Å². The van der Waals surface area contributed by atoms with Gasteiger partial charge in [-0.15, -0.1) is 0 Å². The molecule has 0 amide bonds. The van der Waals surface area contributed by atoms with Crippen molar-refractivity contribution in [2.24, 2.45) is 0 Å². The summed E-state index contributed by atoms with van der Waals surface area (Å²) >= 11 is 4.86. The Morgan fingerprint density at radius 3 is 2.92 bits per heavy atom. The second-order valence-electron chi connectivity index (χ2n) is 2.44. The monoisotopic (exact) mass is 255 g/mol. The molecule has 2 N–H and O–H groups in total. The number of nitrogens with zero attached hydrogens (tertiary/aromatic N) is 2. The molecule has 0 unspecified atom stereocenters. The van der Waals surface area contributed by atoms with Crippen LogP contribution in [0.25, 0.3) is 11.4 Å². The summed E-state index contributed by atoms with van der Waals surface area (Å²) in [6.45, 7) is 0. The smallest absolute Gasteiger partial charge is 0.162 e. The Balaban J connectivity index is 2.49. The number of thiophene rings is 1. The number of rotatable bonds is 1. The average Bonchev–Trinajstić information content (AvgIpc) is 2.62. The third kappa shape index (κ3) is 1.71. The summed E-state index contributed by atoms with van der Waals surface area (Å²) in [5.74, 6) is 1.14. The molecule has 0 bridgehead atoms.